The molecule has 0 fully saturated rings. The molecule has 0 aromatic heterocycles. The molecule has 168 valence electrons. The first kappa shape index (κ1) is 20.4. The summed E-state index contributed by atoms with van der Waals surface area (Å²) in [5.74, 6) is 0.523. The summed E-state index contributed by atoms with van der Waals surface area (Å²) in [5.41, 5.74) is 6.80. The van der Waals surface area contributed by atoms with Crippen LogP contribution < -0.4 is 0 Å². The Morgan fingerprint density at radius 3 is 2.29 bits per heavy atom. The van der Waals surface area contributed by atoms with Crippen LogP contribution in [0, 0.1) is 0 Å². The number of hydrogen-bond acceptors (Lipinski definition) is 0. The minimum absolute atomic E-state index is 0.523. The molecule has 5 aromatic carbocycles. The van der Waals surface area contributed by atoms with Gasteiger partial charge in [0.2, 0.25) is 0 Å². The quantitative estimate of drug-likeness (QED) is 0.187. The van der Waals surface area contributed by atoms with E-state index in [1.807, 2.05) is 0 Å². The summed E-state index contributed by atoms with van der Waals surface area (Å²) in [6.45, 7) is 3.24. The highest BCUT2D eigenvalue weighted by Crippen LogP contribution is 2.45. The van der Waals surface area contributed by atoms with Crippen molar-refractivity contribution in [3.05, 3.63) is 114 Å². The largest absolute Gasteiger partial charge is 0.205 e. The van der Waals surface area contributed by atoms with Crippen LogP contribution >= 0.6 is 0 Å². The molecule has 1 heteroatoms. The molecule has 0 saturated heterocycles. The Bertz CT molecular complexity index is 1730. The van der Waals surface area contributed by atoms with Crippen LogP contribution in [0.4, 0.5) is 0 Å². The maximum absolute atomic E-state index is 2.50. The lowest BCUT2D eigenvalue weighted by atomic mass is 9.82. The zero-order valence-corrected chi connectivity index (χ0v) is 20.0. The summed E-state index contributed by atoms with van der Waals surface area (Å²) in [6, 6.07) is 31.8. The average Bonchev–Trinajstić information content (AvgIpc) is 2.96. The van der Waals surface area contributed by atoms with Gasteiger partial charge in [-0.25, -0.2) is 4.58 Å². The summed E-state index contributed by atoms with van der Waals surface area (Å²) in [6.07, 6.45) is 11.5. The second kappa shape index (κ2) is 8.06. The first-order valence-corrected chi connectivity index (χ1v) is 12.8. The van der Waals surface area contributed by atoms with Gasteiger partial charge in [-0.05, 0) is 78.6 Å². The maximum atomic E-state index is 2.50. The molecule has 0 spiro atoms. The summed E-state index contributed by atoms with van der Waals surface area (Å²) >= 11 is 0. The normalized spacial score (nSPS) is 17.1. The zero-order valence-electron chi connectivity index (χ0n) is 20.0. The predicted octanol–water partition coefficient (Wildman–Crippen LogP) is 8.70. The van der Waals surface area contributed by atoms with Gasteiger partial charge < -0.3 is 0 Å². The Balaban J connectivity index is 1.68. The molecule has 0 N–H and O–H groups in total. The molecular formula is C34H28N+. The molecule has 8 rings (SSSR count). The van der Waals surface area contributed by atoms with E-state index in [2.05, 4.69) is 121 Å². The lowest BCUT2D eigenvalue weighted by molar-refractivity contribution is -0.442. The maximum Gasteiger partial charge on any atom is 0.169 e. The van der Waals surface area contributed by atoms with Gasteiger partial charge in [0, 0.05) is 12.5 Å². The number of allylic oxidation sites excluding steroid dienone is 2. The zero-order chi connectivity index (χ0) is 23.4. The second-order valence-electron chi connectivity index (χ2n) is 9.82. The van der Waals surface area contributed by atoms with Gasteiger partial charge in [0.15, 0.2) is 12.7 Å². The van der Waals surface area contributed by atoms with E-state index < -0.39 is 0 Å². The van der Waals surface area contributed by atoms with Gasteiger partial charge in [-0.15, -0.1) is 0 Å². The number of rotatable bonds is 2. The molecule has 1 nitrogen and oxygen atoms in total. The first-order chi connectivity index (χ1) is 17.3. The van der Waals surface area contributed by atoms with Crippen molar-refractivity contribution < 1.29 is 4.58 Å². The van der Waals surface area contributed by atoms with E-state index >= 15 is 0 Å². The molecule has 1 unspecified atom stereocenters. The van der Waals surface area contributed by atoms with Crippen molar-refractivity contribution in [1.82, 2.24) is 0 Å². The Labute approximate surface area is 206 Å². The highest BCUT2D eigenvalue weighted by atomic mass is 15.0. The lowest BCUT2D eigenvalue weighted by Gasteiger charge is -2.21. The van der Waals surface area contributed by atoms with Crippen molar-refractivity contribution in [3.63, 3.8) is 0 Å². The van der Waals surface area contributed by atoms with Gasteiger partial charge >= 0.3 is 0 Å². The van der Waals surface area contributed by atoms with Crippen LogP contribution in [-0.2, 0) is 0 Å². The van der Waals surface area contributed by atoms with Gasteiger partial charge in [0.25, 0.3) is 0 Å². The van der Waals surface area contributed by atoms with Gasteiger partial charge in [-0.1, -0.05) is 91.9 Å². The van der Waals surface area contributed by atoms with E-state index in [0.29, 0.717) is 5.92 Å². The molecular weight excluding hydrogens is 422 g/mol. The Kier molecular flexibility index (Phi) is 4.70. The molecule has 0 amide bonds. The number of hydrogen-bond donors (Lipinski definition) is 0. The van der Waals surface area contributed by atoms with Crippen molar-refractivity contribution >= 4 is 44.1 Å². The summed E-state index contributed by atoms with van der Waals surface area (Å²) in [7, 11) is 0. The third kappa shape index (κ3) is 3.19. The summed E-state index contributed by atoms with van der Waals surface area (Å²) < 4.78 is 2.34. The SMILES string of the molecule is CCC1CC=[N+]2C=CC(=CC2)c2c3ccccc3c(-c3cccc4ccccc34)c3ccc1cc23. The van der Waals surface area contributed by atoms with Crippen LogP contribution in [0.5, 0.6) is 0 Å². The van der Waals surface area contributed by atoms with E-state index in [9.17, 15) is 0 Å². The van der Waals surface area contributed by atoms with E-state index in [1.165, 1.54) is 60.1 Å². The summed E-state index contributed by atoms with van der Waals surface area (Å²) in [5, 5.41) is 7.96. The van der Waals surface area contributed by atoms with Crippen LogP contribution in [-0.4, -0.2) is 17.3 Å². The molecule has 3 aliphatic heterocycles. The molecule has 4 bridgehead atoms. The van der Waals surface area contributed by atoms with Crippen LogP contribution in [0.2, 0.25) is 0 Å². The van der Waals surface area contributed by atoms with E-state index in [4.69, 9.17) is 0 Å². The van der Waals surface area contributed by atoms with Crippen LogP contribution in [0.3, 0.4) is 0 Å². The molecule has 0 radical (unpaired) electrons. The van der Waals surface area contributed by atoms with Gasteiger partial charge in [-0.2, -0.15) is 0 Å². The third-order valence-electron chi connectivity index (χ3n) is 7.95. The van der Waals surface area contributed by atoms with Crippen molar-refractivity contribution in [2.75, 3.05) is 6.54 Å². The third-order valence-corrected chi connectivity index (χ3v) is 7.95. The van der Waals surface area contributed by atoms with E-state index in [1.54, 1.807) is 0 Å². The average molecular weight is 451 g/mol. The van der Waals surface area contributed by atoms with Crippen LogP contribution in [0.1, 0.15) is 36.8 Å². The minimum atomic E-state index is 0.523. The molecule has 0 aliphatic carbocycles. The smallest absolute Gasteiger partial charge is 0.169 e. The van der Waals surface area contributed by atoms with Crippen molar-refractivity contribution in [1.29, 1.82) is 0 Å². The molecule has 3 heterocycles. The first-order valence-electron chi connectivity index (χ1n) is 12.8. The lowest BCUT2D eigenvalue weighted by Crippen LogP contribution is -2.11. The van der Waals surface area contributed by atoms with Crippen molar-refractivity contribution in [3.8, 4) is 11.1 Å². The molecule has 5 aromatic rings. The Morgan fingerprint density at radius 2 is 1.49 bits per heavy atom. The van der Waals surface area contributed by atoms with Crippen molar-refractivity contribution in [2.24, 2.45) is 0 Å². The number of nitrogens with zero attached hydrogens (tertiary/aromatic N) is 1. The fourth-order valence-electron chi connectivity index (χ4n) is 6.13. The molecule has 35 heavy (non-hydrogen) atoms. The van der Waals surface area contributed by atoms with E-state index in [0.717, 1.165) is 19.4 Å². The van der Waals surface area contributed by atoms with Gasteiger partial charge in [0.05, 0.1) is 0 Å². The Morgan fingerprint density at radius 1 is 0.743 bits per heavy atom. The fraction of sp³-hybridized carbons (Fsp3) is 0.147. The van der Waals surface area contributed by atoms with E-state index in [-0.39, 0.29) is 0 Å². The second-order valence-corrected chi connectivity index (χ2v) is 9.82. The van der Waals surface area contributed by atoms with Crippen LogP contribution in [0.25, 0.3) is 49.0 Å². The van der Waals surface area contributed by atoms with Gasteiger partial charge in [-0.3, -0.25) is 0 Å². The Hall–Kier alpha value is -3.97. The van der Waals surface area contributed by atoms with Gasteiger partial charge in [0.1, 0.15) is 6.21 Å². The summed E-state index contributed by atoms with van der Waals surface area (Å²) in [4.78, 5) is 0. The fourth-order valence-corrected chi connectivity index (χ4v) is 6.13. The van der Waals surface area contributed by atoms with Crippen molar-refractivity contribution in [2.45, 2.75) is 25.7 Å². The standard InChI is InChI=1S/C34H28N/c1-2-23-16-19-35-20-17-25(18-21-35)33-29-11-5-6-12-30(29)34(31-15-14-26(23)22-32(31)33)28-13-7-9-24-8-3-4-10-27(24)28/h3-15,17-20,22-23H,2,16,21H2,1H3/q+1. The monoisotopic (exact) mass is 450 g/mol. The molecule has 1 atom stereocenters. The topological polar surface area (TPSA) is 3.01 Å². The highest BCUT2D eigenvalue weighted by molar-refractivity contribution is 6.22. The number of benzene rings is 5. The molecule has 3 aliphatic rings. The van der Waals surface area contributed by atoms with Crippen LogP contribution in [0.15, 0.2) is 103 Å². The predicted molar refractivity (Wildman–Crippen MR) is 150 cm³/mol. The minimum Gasteiger partial charge on any atom is -0.205 e. The number of fused-ring (bicyclic) bond motifs is 5. The highest BCUT2D eigenvalue weighted by Gasteiger charge is 2.22. The molecule has 0 saturated carbocycles.